The van der Waals surface area contributed by atoms with Crippen LogP contribution in [0.25, 0.3) is 11.1 Å². The highest BCUT2D eigenvalue weighted by Gasteiger charge is 2.17. The Labute approximate surface area is 182 Å². The van der Waals surface area contributed by atoms with Gasteiger partial charge in [-0.15, -0.1) is 0 Å². The summed E-state index contributed by atoms with van der Waals surface area (Å²) in [4.78, 5) is 23.0. The van der Waals surface area contributed by atoms with Crippen molar-refractivity contribution in [2.45, 2.75) is 13.0 Å². The number of nitrogens with zero attached hydrogens (tertiary/aromatic N) is 1. The number of carbonyl (C=O) groups excluding carboxylic acids is 1. The second-order valence-corrected chi connectivity index (χ2v) is 6.91. The summed E-state index contributed by atoms with van der Waals surface area (Å²) in [6.45, 7) is 1.15. The van der Waals surface area contributed by atoms with E-state index in [0.29, 0.717) is 16.9 Å². The molecular weight excluding hydrogens is 422 g/mol. The normalized spacial score (nSPS) is 11.5. The van der Waals surface area contributed by atoms with E-state index in [0.717, 1.165) is 12.1 Å². The number of benzene rings is 3. The number of nitro groups is 1. The summed E-state index contributed by atoms with van der Waals surface area (Å²) in [6, 6.07) is 13.2. The molecule has 3 aromatic carbocycles. The van der Waals surface area contributed by atoms with Gasteiger partial charge in [-0.2, -0.15) is 0 Å². The summed E-state index contributed by atoms with van der Waals surface area (Å²) in [6.07, 6.45) is 0. The van der Waals surface area contributed by atoms with Crippen LogP contribution in [0.2, 0.25) is 0 Å². The van der Waals surface area contributed by atoms with Gasteiger partial charge < -0.3 is 14.8 Å². The number of non-ortho nitro benzene ring substituents is 1. The van der Waals surface area contributed by atoms with Crippen LogP contribution >= 0.6 is 0 Å². The molecule has 3 aromatic rings. The molecule has 1 N–H and O–H groups in total. The van der Waals surface area contributed by atoms with Crippen molar-refractivity contribution in [2.24, 2.45) is 0 Å². The number of amides is 1. The third kappa shape index (κ3) is 5.37. The molecule has 1 atom stereocenters. The summed E-state index contributed by atoms with van der Waals surface area (Å²) in [7, 11) is 1.52. The zero-order valence-electron chi connectivity index (χ0n) is 17.3. The summed E-state index contributed by atoms with van der Waals surface area (Å²) >= 11 is 0. The van der Waals surface area contributed by atoms with Crippen molar-refractivity contribution in [1.29, 1.82) is 0 Å². The summed E-state index contributed by atoms with van der Waals surface area (Å²) in [5.74, 6) is -1.15. The highest BCUT2D eigenvalue weighted by Crippen LogP contribution is 2.34. The Bertz CT molecular complexity index is 1140. The van der Waals surface area contributed by atoms with Gasteiger partial charge in [0.05, 0.1) is 18.1 Å². The molecular formula is C23H20F2N2O5. The monoisotopic (exact) mass is 442 g/mol. The molecule has 0 heterocycles. The van der Waals surface area contributed by atoms with Gasteiger partial charge in [-0.3, -0.25) is 14.9 Å². The van der Waals surface area contributed by atoms with Gasteiger partial charge in [0.2, 0.25) is 0 Å². The van der Waals surface area contributed by atoms with Crippen molar-refractivity contribution in [3.8, 4) is 22.6 Å². The largest absolute Gasteiger partial charge is 0.497 e. The van der Waals surface area contributed by atoms with Crippen LogP contribution in [0.15, 0.2) is 60.7 Å². The van der Waals surface area contributed by atoms with Gasteiger partial charge in [-0.05, 0) is 36.8 Å². The zero-order valence-corrected chi connectivity index (χ0v) is 17.3. The van der Waals surface area contributed by atoms with Crippen molar-refractivity contribution < 1.29 is 28.0 Å². The number of nitro benzene ring substituents is 1. The molecule has 0 saturated carbocycles. The van der Waals surface area contributed by atoms with E-state index in [4.69, 9.17) is 9.47 Å². The summed E-state index contributed by atoms with van der Waals surface area (Å²) in [5, 5.41) is 13.8. The maximum Gasteiger partial charge on any atom is 0.270 e. The van der Waals surface area contributed by atoms with Crippen LogP contribution in [0.3, 0.4) is 0 Å². The molecule has 9 heteroatoms. The van der Waals surface area contributed by atoms with Crippen molar-refractivity contribution in [1.82, 2.24) is 5.32 Å². The third-order valence-corrected chi connectivity index (χ3v) is 4.74. The van der Waals surface area contributed by atoms with Crippen LogP contribution < -0.4 is 14.8 Å². The highest BCUT2D eigenvalue weighted by molar-refractivity contribution is 5.79. The lowest BCUT2D eigenvalue weighted by atomic mass is 10.0. The van der Waals surface area contributed by atoms with Crippen LogP contribution in [0.5, 0.6) is 11.5 Å². The van der Waals surface area contributed by atoms with Crippen LogP contribution in [0.1, 0.15) is 18.5 Å². The number of hydrogen-bond donors (Lipinski definition) is 1. The second kappa shape index (κ2) is 9.86. The minimum atomic E-state index is -0.768. The van der Waals surface area contributed by atoms with Gasteiger partial charge in [0.1, 0.15) is 23.1 Å². The van der Waals surface area contributed by atoms with E-state index >= 15 is 0 Å². The maximum atomic E-state index is 13.9. The smallest absolute Gasteiger partial charge is 0.270 e. The SMILES string of the molecule is COc1ccc(-c2cc([N+](=O)[O-])ccc2OCC(=O)NC(C)c2ccc(F)cc2F)cc1. The number of nitrogens with one attached hydrogen (secondary N) is 1. The van der Waals surface area contributed by atoms with Gasteiger partial charge in [0.25, 0.3) is 11.6 Å². The van der Waals surface area contributed by atoms with Crippen LogP contribution in [-0.4, -0.2) is 24.5 Å². The molecule has 32 heavy (non-hydrogen) atoms. The molecule has 0 bridgehead atoms. The fourth-order valence-corrected chi connectivity index (χ4v) is 3.11. The lowest BCUT2D eigenvalue weighted by molar-refractivity contribution is -0.384. The minimum absolute atomic E-state index is 0.131. The number of halogens is 2. The first-order valence-corrected chi connectivity index (χ1v) is 9.58. The molecule has 0 aliphatic carbocycles. The van der Waals surface area contributed by atoms with Crippen LogP contribution in [-0.2, 0) is 4.79 Å². The molecule has 3 rings (SSSR count). The maximum absolute atomic E-state index is 13.9. The molecule has 1 amide bonds. The molecule has 166 valence electrons. The first-order valence-electron chi connectivity index (χ1n) is 9.58. The zero-order chi connectivity index (χ0) is 23.3. The predicted octanol–water partition coefficient (Wildman–Crippen LogP) is 4.80. The van der Waals surface area contributed by atoms with Crippen LogP contribution in [0.4, 0.5) is 14.5 Å². The van der Waals surface area contributed by atoms with Crippen molar-refractivity contribution >= 4 is 11.6 Å². The molecule has 0 fully saturated rings. The Balaban J connectivity index is 1.75. The van der Waals surface area contributed by atoms with E-state index in [1.165, 1.54) is 31.4 Å². The number of ether oxygens (including phenoxy) is 2. The van der Waals surface area contributed by atoms with Gasteiger partial charge in [-0.25, -0.2) is 8.78 Å². The predicted molar refractivity (Wildman–Crippen MR) is 113 cm³/mol. The molecule has 0 saturated heterocycles. The third-order valence-electron chi connectivity index (χ3n) is 4.74. The number of carbonyl (C=O) groups is 1. The highest BCUT2D eigenvalue weighted by atomic mass is 19.1. The molecule has 0 radical (unpaired) electrons. The topological polar surface area (TPSA) is 90.7 Å². The molecule has 1 unspecified atom stereocenters. The Morgan fingerprint density at radius 1 is 1.09 bits per heavy atom. The van der Waals surface area contributed by atoms with Gasteiger partial charge in [0.15, 0.2) is 6.61 Å². The van der Waals surface area contributed by atoms with E-state index in [-0.39, 0.29) is 17.0 Å². The fourth-order valence-electron chi connectivity index (χ4n) is 3.11. The number of hydrogen-bond acceptors (Lipinski definition) is 5. The molecule has 0 spiro atoms. The van der Waals surface area contributed by atoms with Crippen LogP contribution in [0, 0.1) is 21.7 Å². The second-order valence-electron chi connectivity index (χ2n) is 6.91. The Hall–Kier alpha value is -4.01. The average Bonchev–Trinajstić information content (AvgIpc) is 2.77. The Morgan fingerprint density at radius 3 is 2.44 bits per heavy atom. The molecule has 0 aromatic heterocycles. The van der Waals surface area contributed by atoms with E-state index in [2.05, 4.69) is 5.32 Å². The van der Waals surface area contributed by atoms with E-state index in [9.17, 15) is 23.7 Å². The molecule has 0 aliphatic heterocycles. The van der Waals surface area contributed by atoms with Gasteiger partial charge >= 0.3 is 0 Å². The van der Waals surface area contributed by atoms with Gasteiger partial charge in [-0.1, -0.05) is 18.2 Å². The van der Waals surface area contributed by atoms with Crippen molar-refractivity contribution in [3.63, 3.8) is 0 Å². The van der Waals surface area contributed by atoms with E-state index in [1.54, 1.807) is 31.2 Å². The minimum Gasteiger partial charge on any atom is -0.497 e. The quantitative estimate of drug-likeness (QED) is 0.400. The average molecular weight is 442 g/mol. The number of methoxy groups -OCH3 is 1. The Kier molecular flexibility index (Phi) is 6.99. The lowest BCUT2D eigenvalue weighted by Gasteiger charge is -2.16. The van der Waals surface area contributed by atoms with Crippen molar-refractivity contribution in [3.05, 3.63) is 88.0 Å². The summed E-state index contributed by atoms with van der Waals surface area (Å²) < 4.78 is 37.7. The first-order chi connectivity index (χ1) is 15.3. The lowest BCUT2D eigenvalue weighted by Crippen LogP contribution is -2.31. The van der Waals surface area contributed by atoms with E-state index < -0.39 is 35.1 Å². The van der Waals surface area contributed by atoms with E-state index in [1.807, 2.05) is 0 Å². The standard InChI is InChI=1S/C23H20F2N2O5/c1-14(19-9-5-16(24)11-21(19)25)26-23(28)13-32-22-10-6-17(27(29)30)12-20(22)15-3-7-18(31-2)8-4-15/h3-12,14H,13H2,1-2H3,(H,26,28). The molecule has 7 nitrogen and oxygen atoms in total. The molecule has 0 aliphatic rings. The summed E-state index contributed by atoms with van der Waals surface area (Å²) in [5.41, 5.74) is 1.06. The fraction of sp³-hybridized carbons (Fsp3) is 0.174. The number of rotatable bonds is 8. The Morgan fingerprint density at radius 2 is 1.81 bits per heavy atom. The first kappa shape index (κ1) is 22.7. The van der Waals surface area contributed by atoms with Crippen molar-refractivity contribution in [2.75, 3.05) is 13.7 Å². The van der Waals surface area contributed by atoms with Gasteiger partial charge in [0, 0.05) is 29.3 Å².